The number of carbonyl (C=O) groups excluding carboxylic acids is 1. The monoisotopic (exact) mass is 327 g/mol. The Bertz CT molecular complexity index is 833. The molecule has 0 radical (unpaired) electrons. The van der Waals surface area contributed by atoms with Gasteiger partial charge in [-0.3, -0.25) is 9.78 Å². The Labute approximate surface area is 137 Å². The molecule has 1 aromatic carbocycles. The molecular formula is C17H14FN3OS. The van der Waals surface area contributed by atoms with Gasteiger partial charge < -0.3 is 5.32 Å². The number of hydrogen-bond acceptors (Lipinski definition) is 4. The quantitative estimate of drug-likeness (QED) is 0.792. The number of nitrogens with one attached hydrogen (secondary N) is 1. The number of nitrogens with zero attached hydrogens (tertiary/aromatic N) is 2. The van der Waals surface area contributed by atoms with Crippen LogP contribution in [0.3, 0.4) is 0 Å². The number of aromatic nitrogens is 2. The number of rotatable bonds is 4. The molecular weight excluding hydrogens is 313 g/mol. The molecule has 0 saturated heterocycles. The maximum Gasteiger partial charge on any atom is 0.229 e. The van der Waals surface area contributed by atoms with E-state index in [-0.39, 0.29) is 18.1 Å². The van der Waals surface area contributed by atoms with E-state index >= 15 is 0 Å². The summed E-state index contributed by atoms with van der Waals surface area (Å²) in [4.78, 5) is 21.6. The molecule has 4 nitrogen and oxygen atoms in total. The van der Waals surface area contributed by atoms with Crippen LogP contribution in [-0.2, 0) is 11.2 Å². The van der Waals surface area contributed by atoms with E-state index in [9.17, 15) is 9.18 Å². The molecule has 0 spiro atoms. The first-order chi connectivity index (χ1) is 11.1. The Morgan fingerprint density at radius 3 is 2.91 bits per heavy atom. The summed E-state index contributed by atoms with van der Waals surface area (Å²) in [6.07, 6.45) is 3.66. The molecule has 0 fully saturated rings. The van der Waals surface area contributed by atoms with Gasteiger partial charge in [-0.1, -0.05) is 6.07 Å². The van der Waals surface area contributed by atoms with E-state index < -0.39 is 0 Å². The van der Waals surface area contributed by atoms with Crippen molar-refractivity contribution in [1.82, 2.24) is 9.97 Å². The van der Waals surface area contributed by atoms with Crippen molar-refractivity contribution in [3.8, 4) is 10.6 Å². The molecule has 1 amide bonds. The topological polar surface area (TPSA) is 54.9 Å². The van der Waals surface area contributed by atoms with Crippen molar-refractivity contribution in [3.63, 3.8) is 0 Å². The largest absolute Gasteiger partial charge is 0.326 e. The number of aryl methyl sites for hydroxylation is 1. The molecule has 0 bridgehead atoms. The molecule has 3 aromatic rings. The molecule has 0 atom stereocenters. The highest BCUT2D eigenvalue weighted by Crippen LogP contribution is 2.27. The Morgan fingerprint density at radius 1 is 1.30 bits per heavy atom. The van der Waals surface area contributed by atoms with Crippen LogP contribution in [0.5, 0.6) is 0 Å². The van der Waals surface area contributed by atoms with Gasteiger partial charge in [-0.2, -0.15) is 0 Å². The zero-order valence-corrected chi connectivity index (χ0v) is 13.2. The molecule has 0 aliphatic rings. The van der Waals surface area contributed by atoms with Crippen molar-refractivity contribution in [2.24, 2.45) is 0 Å². The number of pyridine rings is 1. The highest BCUT2D eigenvalue weighted by molar-refractivity contribution is 7.15. The molecule has 2 aromatic heterocycles. The third kappa shape index (κ3) is 3.78. The maximum absolute atomic E-state index is 13.1. The number of anilines is 1. The molecule has 3 rings (SSSR count). The van der Waals surface area contributed by atoms with Gasteiger partial charge in [0, 0.05) is 28.5 Å². The van der Waals surface area contributed by atoms with Crippen molar-refractivity contribution >= 4 is 22.9 Å². The van der Waals surface area contributed by atoms with Crippen LogP contribution in [0.15, 0.2) is 48.8 Å². The van der Waals surface area contributed by atoms with Crippen molar-refractivity contribution in [2.45, 2.75) is 13.3 Å². The van der Waals surface area contributed by atoms with Crippen molar-refractivity contribution in [1.29, 1.82) is 0 Å². The van der Waals surface area contributed by atoms with E-state index in [0.717, 1.165) is 21.1 Å². The second kappa shape index (κ2) is 6.66. The van der Waals surface area contributed by atoms with E-state index in [1.165, 1.54) is 23.5 Å². The standard InChI is InChI=1S/C17H14FN3OS/c1-11-15(23-17(20-11)12-4-3-7-19-10-12)9-16(22)21-14-6-2-5-13(18)8-14/h2-8,10H,9H2,1H3,(H,21,22). The average Bonchev–Trinajstić information content (AvgIpc) is 2.89. The Kier molecular flexibility index (Phi) is 4.43. The lowest BCUT2D eigenvalue weighted by Gasteiger charge is -2.04. The summed E-state index contributed by atoms with van der Waals surface area (Å²) < 4.78 is 13.1. The Morgan fingerprint density at radius 2 is 2.17 bits per heavy atom. The summed E-state index contributed by atoms with van der Waals surface area (Å²) >= 11 is 1.47. The minimum atomic E-state index is -0.379. The van der Waals surface area contributed by atoms with Crippen LogP contribution in [0.25, 0.3) is 10.6 Å². The summed E-state index contributed by atoms with van der Waals surface area (Å²) in [5.74, 6) is -0.573. The lowest BCUT2D eigenvalue weighted by atomic mass is 10.2. The van der Waals surface area contributed by atoms with Crippen LogP contribution >= 0.6 is 11.3 Å². The van der Waals surface area contributed by atoms with Gasteiger partial charge in [0.1, 0.15) is 10.8 Å². The Hall–Kier alpha value is -2.60. The number of carbonyl (C=O) groups is 1. The number of halogens is 1. The lowest BCUT2D eigenvalue weighted by molar-refractivity contribution is -0.115. The van der Waals surface area contributed by atoms with E-state index in [4.69, 9.17) is 0 Å². The van der Waals surface area contributed by atoms with E-state index in [1.54, 1.807) is 24.5 Å². The molecule has 0 saturated carbocycles. The van der Waals surface area contributed by atoms with Gasteiger partial charge in [0.15, 0.2) is 0 Å². The fourth-order valence-corrected chi connectivity index (χ4v) is 3.17. The van der Waals surface area contributed by atoms with E-state index in [1.807, 2.05) is 19.1 Å². The van der Waals surface area contributed by atoms with Gasteiger partial charge in [0.2, 0.25) is 5.91 Å². The van der Waals surface area contributed by atoms with E-state index in [2.05, 4.69) is 15.3 Å². The SMILES string of the molecule is Cc1nc(-c2cccnc2)sc1CC(=O)Nc1cccc(F)c1. The summed E-state index contributed by atoms with van der Waals surface area (Å²) in [7, 11) is 0. The van der Waals surface area contributed by atoms with Gasteiger partial charge >= 0.3 is 0 Å². The summed E-state index contributed by atoms with van der Waals surface area (Å²) in [5, 5.41) is 3.53. The van der Waals surface area contributed by atoms with Crippen molar-refractivity contribution < 1.29 is 9.18 Å². The summed E-state index contributed by atoms with van der Waals surface area (Å²) in [5.41, 5.74) is 2.20. The van der Waals surface area contributed by atoms with Crippen LogP contribution in [-0.4, -0.2) is 15.9 Å². The fourth-order valence-electron chi connectivity index (χ4n) is 2.12. The highest BCUT2D eigenvalue weighted by atomic mass is 32.1. The second-order valence-corrected chi connectivity index (χ2v) is 6.09. The van der Waals surface area contributed by atoms with Crippen LogP contribution in [0, 0.1) is 12.7 Å². The predicted molar refractivity (Wildman–Crippen MR) is 88.8 cm³/mol. The molecule has 2 heterocycles. The zero-order chi connectivity index (χ0) is 16.2. The molecule has 116 valence electrons. The Balaban J connectivity index is 1.73. The highest BCUT2D eigenvalue weighted by Gasteiger charge is 2.13. The minimum absolute atomic E-state index is 0.194. The minimum Gasteiger partial charge on any atom is -0.326 e. The second-order valence-electron chi connectivity index (χ2n) is 5.00. The average molecular weight is 327 g/mol. The zero-order valence-electron chi connectivity index (χ0n) is 12.4. The van der Waals surface area contributed by atoms with Gasteiger partial charge in [-0.15, -0.1) is 11.3 Å². The molecule has 23 heavy (non-hydrogen) atoms. The normalized spacial score (nSPS) is 10.5. The summed E-state index contributed by atoms with van der Waals surface area (Å²) in [6.45, 7) is 1.88. The smallest absolute Gasteiger partial charge is 0.229 e. The molecule has 0 unspecified atom stereocenters. The van der Waals surface area contributed by atoms with Crippen LogP contribution in [0.2, 0.25) is 0 Å². The fraction of sp³-hybridized carbons (Fsp3) is 0.118. The van der Waals surface area contributed by atoms with Crippen molar-refractivity contribution in [3.05, 3.63) is 65.2 Å². The first kappa shape index (κ1) is 15.3. The molecule has 6 heteroatoms. The third-order valence-electron chi connectivity index (χ3n) is 3.23. The maximum atomic E-state index is 13.1. The van der Waals surface area contributed by atoms with Crippen LogP contribution in [0.1, 0.15) is 10.6 Å². The van der Waals surface area contributed by atoms with Crippen LogP contribution in [0.4, 0.5) is 10.1 Å². The number of hydrogen-bond donors (Lipinski definition) is 1. The first-order valence-corrected chi connectivity index (χ1v) is 7.85. The van der Waals surface area contributed by atoms with Gasteiger partial charge in [-0.25, -0.2) is 9.37 Å². The third-order valence-corrected chi connectivity index (χ3v) is 4.44. The van der Waals surface area contributed by atoms with Gasteiger partial charge in [0.05, 0.1) is 12.1 Å². The van der Waals surface area contributed by atoms with Crippen LogP contribution < -0.4 is 5.32 Å². The number of thiazole rings is 1. The predicted octanol–water partition coefficient (Wildman–Crippen LogP) is 3.83. The van der Waals surface area contributed by atoms with Crippen molar-refractivity contribution in [2.75, 3.05) is 5.32 Å². The van der Waals surface area contributed by atoms with Gasteiger partial charge in [0.25, 0.3) is 0 Å². The molecule has 0 aliphatic carbocycles. The number of benzene rings is 1. The van der Waals surface area contributed by atoms with Gasteiger partial charge in [-0.05, 0) is 37.3 Å². The lowest BCUT2D eigenvalue weighted by Crippen LogP contribution is -2.14. The first-order valence-electron chi connectivity index (χ1n) is 7.04. The summed E-state index contributed by atoms with van der Waals surface area (Å²) in [6, 6.07) is 9.62. The number of amides is 1. The van der Waals surface area contributed by atoms with E-state index in [0.29, 0.717) is 5.69 Å². The molecule has 1 N–H and O–H groups in total. The molecule has 0 aliphatic heterocycles.